The van der Waals surface area contributed by atoms with Crippen molar-refractivity contribution in [3.8, 4) is 0 Å². The van der Waals surface area contributed by atoms with Gasteiger partial charge in [-0.15, -0.1) is 10.2 Å². The first-order valence-corrected chi connectivity index (χ1v) is 6.71. The van der Waals surface area contributed by atoms with E-state index in [1.165, 1.54) is 0 Å². The molecule has 0 aliphatic heterocycles. The van der Waals surface area contributed by atoms with Crippen LogP contribution in [0.2, 0.25) is 5.02 Å². The summed E-state index contributed by atoms with van der Waals surface area (Å²) in [6.07, 6.45) is 1.01. The number of hydrogen-bond donors (Lipinski definition) is 2. The van der Waals surface area contributed by atoms with Crippen LogP contribution < -0.4 is 10.6 Å². The normalized spacial score (nSPS) is 10.1. The quantitative estimate of drug-likeness (QED) is 0.887. The summed E-state index contributed by atoms with van der Waals surface area (Å²) in [5.41, 5.74) is 0.479. The Morgan fingerprint density at radius 3 is 2.60 bits per heavy atom. The van der Waals surface area contributed by atoms with Crippen LogP contribution in [0.4, 0.5) is 11.6 Å². The summed E-state index contributed by atoms with van der Waals surface area (Å²) >= 11 is 5.84. The van der Waals surface area contributed by atoms with Gasteiger partial charge in [-0.2, -0.15) is 0 Å². The van der Waals surface area contributed by atoms with Gasteiger partial charge in [0.25, 0.3) is 5.91 Å². The number of halogens is 1. The minimum atomic E-state index is -0.268. The number of aromatic nitrogens is 2. The van der Waals surface area contributed by atoms with E-state index >= 15 is 0 Å². The van der Waals surface area contributed by atoms with E-state index in [4.69, 9.17) is 11.6 Å². The molecule has 0 spiro atoms. The number of carbonyl (C=O) groups excluding carboxylic acids is 1. The van der Waals surface area contributed by atoms with Crippen LogP contribution in [0.5, 0.6) is 0 Å². The molecule has 0 fully saturated rings. The number of rotatable bonds is 5. The van der Waals surface area contributed by atoms with Crippen LogP contribution in [0.25, 0.3) is 0 Å². The molecule has 1 aromatic carbocycles. The Morgan fingerprint density at radius 2 is 1.95 bits per heavy atom. The van der Waals surface area contributed by atoms with Crippen LogP contribution in [0.3, 0.4) is 0 Å². The Bertz CT molecular complexity index is 586. The van der Waals surface area contributed by atoms with Crippen molar-refractivity contribution in [1.29, 1.82) is 0 Å². The monoisotopic (exact) mass is 290 g/mol. The zero-order valence-corrected chi connectivity index (χ0v) is 11.8. The fourth-order valence-electron chi connectivity index (χ4n) is 1.56. The molecule has 104 valence electrons. The summed E-state index contributed by atoms with van der Waals surface area (Å²) in [4.78, 5) is 12.0. The van der Waals surface area contributed by atoms with Crippen LogP contribution in [0.1, 0.15) is 23.7 Å². The average molecular weight is 291 g/mol. The Morgan fingerprint density at radius 1 is 1.20 bits per heavy atom. The van der Waals surface area contributed by atoms with Gasteiger partial charge in [-0.1, -0.05) is 24.6 Å². The minimum Gasteiger partial charge on any atom is -0.369 e. The van der Waals surface area contributed by atoms with Crippen molar-refractivity contribution in [3.05, 3.63) is 47.0 Å². The van der Waals surface area contributed by atoms with Gasteiger partial charge in [0, 0.05) is 17.1 Å². The Kier molecular flexibility index (Phi) is 4.90. The summed E-state index contributed by atoms with van der Waals surface area (Å²) < 4.78 is 0. The molecule has 0 aliphatic rings. The molecule has 2 N–H and O–H groups in total. The summed E-state index contributed by atoms with van der Waals surface area (Å²) in [5.74, 6) is 0.820. The van der Waals surface area contributed by atoms with Crippen molar-refractivity contribution in [2.24, 2.45) is 0 Å². The number of carbonyl (C=O) groups is 1. The summed E-state index contributed by atoms with van der Waals surface area (Å²) in [6, 6.07) is 10.2. The lowest BCUT2D eigenvalue weighted by Gasteiger charge is -2.06. The van der Waals surface area contributed by atoms with Crippen LogP contribution in [-0.4, -0.2) is 22.6 Å². The molecule has 5 nitrogen and oxygen atoms in total. The average Bonchev–Trinajstić information content (AvgIpc) is 2.46. The molecule has 0 saturated heterocycles. The second-order valence-electron chi connectivity index (χ2n) is 4.20. The van der Waals surface area contributed by atoms with Crippen molar-refractivity contribution in [1.82, 2.24) is 10.2 Å². The second-order valence-corrected chi connectivity index (χ2v) is 4.63. The van der Waals surface area contributed by atoms with Gasteiger partial charge >= 0.3 is 0 Å². The van der Waals surface area contributed by atoms with Gasteiger partial charge in [-0.3, -0.25) is 4.79 Å². The highest BCUT2D eigenvalue weighted by Crippen LogP contribution is 2.13. The molecule has 0 atom stereocenters. The molecule has 1 heterocycles. The third-order valence-corrected chi connectivity index (χ3v) is 2.78. The topological polar surface area (TPSA) is 66.9 Å². The Balaban J connectivity index is 2.01. The van der Waals surface area contributed by atoms with E-state index in [2.05, 4.69) is 27.8 Å². The van der Waals surface area contributed by atoms with E-state index in [1.807, 2.05) is 0 Å². The predicted molar refractivity (Wildman–Crippen MR) is 80.2 cm³/mol. The Hall–Kier alpha value is -2.14. The minimum absolute atomic E-state index is 0.268. The number of hydrogen-bond acceptors (Lipinski definition) is 4. The number of anilines is 2. The maximum Gasteiger partial charge on any atom is 0.256 e. The molecule has 1 amide bonds. The lowest BCUT2D eigenvalue weighted by atomic mass is 10.2. The van der Waals surface area contributed by atoms with Gasteiger partial charge in [0.1, 0.15) is 5.82 Å². The smallest absolute Gasteiger partial charge is 0.256 e. The summed E-state index contributed by atoms with van der Waals surface area (Å²) in [5, 5.41) is 14.2. The number of benzene rings is 1. The molecule has 0 aliphatic carbocycles. The number of nitrogens with one attached hydrogen (secondary N) is 2. The predicted octanol–water partition coefficient (Wildman–Crippen LogP) is 3.20. The standard InChI is InChI=1S/C14H15ClN4O/c1-2-8-16-12-6-7-13(19-18-12)17-14(20)10-4-3-5-11(15)9-10/h3-7,9H,2,8H2,1H3,(H,16,18)(H,17,19,20). The molecule has 2 aromatic rings. The molecule has 0 unspecified atom stereocenters. The lowest BCUT2D eigenvalue weighted by Crippen LogP contribution is -2.13. The molecule has 0 bridgehead atoms. The van der Waals surface area contributed by atoms with Crippen molar-refractivity contribution in [2.75, 3.05) is 17.2 Å². The van der Waals surface area contributed by atoms with E-state index in [0.717, 1.165) is 13.0 Å². The van der Waals surface area contributed by atoms with Crippen LogP contribution in [-0.2, 0) is 0 Å². The van der Waals surface area contributed by atoms with E-state index < -0.39 is 0 Å². The maximum absolute atomic E-state index is 12.0. The maximum atomic E-state index is 12.0. The molecule has 0 saturated carbocycles. The van der Waals surface area contributed by atoms with Crippen molar-refractivity contribution < 1.29 is 4.79 Å². The highest BCUT2D eigenvalue weighted by atomic mass is 35.5. The van der Waals surface area contributed by atoms with Gasteiger partial charge in [0.05, 0.1) is 0 Å². The van der Waals surface area contributed by atoms with Crippen molar-refractivity contribution in [3.63, 3.8) is 0 Å². The number of nitrogens with zero attached hydrogens (tertiary/aromatic N) is 2. The zero-order valence-electron chi connectivity index (χ0n) is 11.1. The summed E-state index contributed by atoms with van der Waals surface area (Å²) in [7, 11) is 0. The van der Waals surface area contributed by atoms with Gasteiger partial charge < -0.3 is 10.6 Å². The van der Waals surface area contributed by atoms with E-state index in [0.29, 0.717) is 22.2 Å². The fourth-order valence-corrected chi connectivity index (χ4v) is 1.75. The van der Waals surface area contributed by atoms with E-state index in [1.54, 1.807) is 36.4 Å². The molecule has 1 aromatic heterocycles. The fraction of sp³-hybridized carbons (Fsp3) is 0.214. The van der Waals surface area contributed by atoms with Crippen molar-refractivity contribution in [2.45, 2.75) is 13.3 Å². The third-order valence-electron chi connectivity index (χ3n) is 2.55. The molecular formula is C14H15ClN4O. The van der Waals surface area contributed by atoms with Gasteiger partial charge in [0.15, 0.2) is 5.82 Å². The Labute approximate surface area is 122 Å². The van der Waals surface area contributed by atoms with Crippen molar-refractivity contribution >= 4 is 29.1 Å². The zero-order chi connectivity index (χ0) is 14.4. The third kappa shape index (κ3) is 3.93. The van der Waals surface area contributed by atoms with Gasteiger partial charge in [-0.05, 0) is 36.8 Å². The highest BCUT2D eigenvalue weighted by molar-refractivity contribution is 6.31. The first-order chi connectivity index (χ1) is 9.69. The highest BCUT2D eigenvalue weighted by Gasteiger charge is 2.07. The van der Waals surface area contributed by atoms with Crippen LogP contribution >= 0.6 is 11.6 Å². The molecule has 2 rings (SSSR count). The lowest BCUT2D eigenvalue weighted by molar-refractivity contribution is 0.102. The molecular weight excluding hydrogens is 276 g/mol. The summed E-state index contributed by atoms with van der Waals surface area (Å²) in [6.45, 7) is 2.91. The molecule has 0 radical (unpaired) electrons. The number of amides is 1. The first kappa shape index (κ1) is 14.3. The second kappa shape index (κ2) is 6.86. The largest absolute Gasteiger partial charge is 0.369 e. The van der Waals surface area contributed by atoms with Gasteiger partial charge in [-0.25, -0.2) is 0 Å². The molecule has 6 heteroatoms. The van der Waals surface area contributed by atoms with Crippen LogP contribution in [0, 0.1) is 0 Å². The van der Waals surface area contributed by atoms with E-state index in [9.17, 15) is 4.79 Å². The van der Waals surface area contributed by atoms with Gasteiger partial charge in [0.2, 0.25) is 0 Å². The molecule has 20 heavy (non-hydrogen) atoms. The first-order valence-electron chi connectivity index (χ1n) is 6.33. The van der Waals surface area contributed by atoms with Crippen LogP contribution in [0.15, 0.2) is 36.4 Å². The SMILES string of the molecule is CCCNc1ccc(NC(=O)c2cccc(Cl)c2)nn1. The van der Waals surface area contributed by atoms with E-state index in [-0.39, 0.29) is 5.91 Å².